The summed E-state index contributed by atoms with van der Waals surface area (Å²) in [4.78, 5) is 14.8. The second-order valence-corrected chi connectivity index (χ2v) is 8.95. The van der Waals surface area contributed by atoms with Gasteiger partial charge in [-0.05, 0) is 54.4 Å². The van der Waals surface area contributed by atoms with Gasteiger partial charge in [0.05, 0.1) is 4.90 Å². The Labute approximate surface area is 177 Å². The fraction of sp³-hybridized carbons (Fsp3) is 0.174. The van der Waals surface area contributed by atoms with Crippen LogP contribution in [-0.4, -0.2) is 28.4 Å². The Morgan fingerprint density at radius 3 is 2.23 bits per heavy atom. The van der Waals surface area contributed by atoms with Crippen molar-refractivity contribution in [1.82, 2.24) is 4.72 Å². The molecule has 0 bridgehead atoms. The van der Waals surface area contributed by atoms with Crippen molar-refractivity contribution in [1.29, 1.82) is 0 Å². The molecule has 0 unspecified atom stereocenters. The summed E-state index contributed by atoms with van der Waals surface area (Å²) in [6.45, 7) is 1.95. The van der Waals surface area contributed by atoms with Gasteiger partial charge in [-0.2, -0.15) is 0 Å². The quantitative estimate of drug-likeness (QED) is 0.606. The van der Waals surface area contributed by atoms with Gasteiger partial charge in [-0.25, -0.2) is 13.1 Å². The summed E-state index contributed by atoms with van der Waals surface area (Å²) < 4.78 is 28.0. The molecule has 0 saturated carbocycles. The average molecular weight is 424 g/mol. The van der Waals surface area contributed by atoms with Gasteiger partial charge in [0.2, 0.25) is 10.0 Å². The summed E-state index contributed by atoms with van der Waals surface area (Å²) in [5.74, 6) is -0.356. The molecule has 2 N–H and O–H groups in total. The van der Waals surface area contributed by atoms with Crippen LogP contribution in [0.1, 0.15) is 21.5 Å². The third-order valence-corrected chi connectivity index (χ3v) is 6.11. The zero-order valence-corrected chi connectivity index (χ0v) is 18.0. The van der Waals surface area contributed by atoms with Gasteiger partial charge in [0.1, 0.15) is 0 Å². The molecule has 0 aliphatic rings. The van der Waals surface area contributed by atoms with E-state index in [0.717, 1.165) is 11.3 Å². The number of carbonyl (C=O) groups excluding carboxylic acids is 1. The first-order valence-corrected chi connectivity index (χ1v) is 11.0. The Morgan fingerprint density at radius 1 is 0.933 bits per heavy atom. The molecule has 3 rings (SSSR count). The van der Waals surface area contributed by atoms with Gasteiger partial charge in [0, 0.05) is 37.6 Å². The number of amides is 1. The number of anilines is 2. The normalized spacial score (nSPS) is 11.2. The van der Waals surface area contributed by atoms with E-state index in [0.29, 0.717) is 16.8 Å². The smallest absolute Gasteiger partial charge is 0.255 e. The first-order chi connectivity index (χ1) is 14.3. The first kappa shape index (κ1) is 21.5. The first-order valence-electron chi connectivity index (χ1n) is 9.49. The lowest BCUT2D eigenvalue weighted by atomic mass is 10.1. The topological polar surface area (TPSA) is 78.5 Å². The molecule has 0 aromatic heterocycles. The minimum absolute atomic E-state index is 0.0529. The Bertz CT molecular complexity index is 1130. The minimum Gasteiger partial charge on any atom is -0.378 e. The highest BCUT2D eigenvalue weighted by molar-refractivity contribution is 7.89. The van der Waals surface area contributed by atoms with E-state index in [1.54, 1.807) is 13.0 Å². The van der Waals surface area contributed by atoms with Crippen molar-refractivity contribution in [3.05, 3.63) is 89.5 Å². The number of benzene rings is 3. The molecule has 30 heavy (non-hydrogen) atoms. The SMILES string of the molecule is Cc1ccc(S(=O)(=O)NCc2ccccc2)cc1C(=O)Nc1ccc(N(C)C)cc1. The summed E-state index contributed by atoms with van der Waals surface area (Å²) >= 11 is 0. The van der Waals surface area contributed by atoms with Crippen LogP contribution in [0.5, 0.6) is 0 Å². The van der Waals surface area contributed by atoms with Crippen molar-refractivity contribution in [3.8, 4) is 0 Å². The van der Waals surface area contributed by atoms with Gasteiger partial charge in [-0.15, -0.1) is 0 Å². The highest BCUT2D eigenvalue weighted by Crippen LogP contribution is 2.20. The zero-order valence-electron chi connectivity index (χ0n) is 17.2. The molecule has 1 amide bonds. The highest BCUT2D eigenvalue weighted by atomic mass is 32.2. The molecule has 0 fully saturated rings. The molecular weight excluding hydrogens is 398 g/mol. The van der Waals surface area contributed by atoms with Crippen LogP contribution in [0.15, 0.2) is 77.7 Å². The Balaban J connectivity index is 1.77. The van der Waals surface area contributed by atoms with Crippen molar-refractivity contribution in [2.45, 2.75) is 18.4 Å². The highest BCUT2D eigenvalue weighted by Gasteiger charge is 2.18. The molecule has 0 saturated heterocycles. The molecule has 6 nitrogen and oxygen atoms in total. The number of nitrogens with zero attached hydrogens (tertiary/aromatic N) is 1. The summed E-state index contributed by atoms with van der Waals surface area (Å²) in [5, 5.41) is 2.83. The van der Waals surface area contributed by atoms with Crippen LogP contribution in [0.3, 0.4) is 0 Å². The maximum atomic E-state index is 12.8. The van der Waals surface area contributed by atoms with Crippen molar-refractivity contribution in [2.75, 3.05) is 24.3 Å². The summed E-state index contributed by atoms with van der Waals surface area (Å²) in [5.41, 5.74) is 3.52. The van der Waals surface area contributed by atoms with E-state index in [1.807, 2.05) is 73.6 Å². The second kappa shape index (κ2) is 9.11. The number of hydrogen-bond acceptors (Lipinski definition) is 4. The summed E-state index contributed by atoms with van der Waals surface area (Å²) in [6, 6.07) is 21.2. The van der Waals surface area contributed by atoms with E-state index < -0.39 is 10.0 Å². The molecule has 0 atom stereocenters. The van der Waals surface area contributed by atoms with Gasteiger partial charge < -0.3 is 10.2 Å². The van der Waals surface area contributed by atoms with E-state index in [1.165, 1.54) is 12.1 Å². The summed E-state index contributed by atoms with van der Waals surface area (Å²) in [7, 11) is 0.124. The van der Waals surface area contributed by atoms with Gasteiger partial charge in [0.25, 0.3) is 5.91 Å². The third-order valence-electron chi connectivity index (χ3n) is 4.71. The van der Waals surface area contributed by atoms with Crippen molar-refractivity contribution >= 4 is 27.3 Å². The Morgan fingerprint density at radius 2 is 1.60 bits per heavy atom. The predicted molar refractivity (Wildman–Crippen MR) is 120 cm³/mol. The van der Waals surface area contributed by atoms with Crippen LogP contribution >= 0.6 is 0 Å². The van der Waals surface area contributed by atoms with E-state index in [2.05, 4.69) is 10.0 Å². The number of sulfonamides is 1. The van der Waals surface area contributed by atoms with Gasteiger partial charge in [0.15, 0.2) is 0 Å². The van der Waals surface area contributed by atoms with Crippen LogP contribution in [0.2, 0.25) is 0 Å². The van der Waals surface area contributed by atoms with Crippen molar-refractivity contribution in [3.63, 3.8) is 0 Å². The molecule has 156 valence electrons. The van der Waals surface area contributed by atoms with Crippen molar-refractivity contribution in [2.24, 2.45) is 0 Å². The summed E-state index contributed by atoms with van der Waals surface area (Å²) in [6.07, 6.45) is 0. The molecule has 7 heteroatoms. The molecule has 0 heterocycles. The van der Waals surface area contributed by atoms with Gasteiger partial charge in [-0.3, -0.25) is 4.79 Å². The molecule has 0 spiro atoms. The second-order valence-electron chi connectivity index (χ2n) is 7.18. The lowest BCUT2D eigenvalue weighted by Crippen LogP contribution is -2.24. The fourth-order valence-corrected chi connectivity index (χ4v) is 3.96. The third kappa shape index (κ3) is 5.25. The molecule has 3 aromatic rings. The average Bonchev–Trinajstić information content (AvgIpc) is 2.73. The maximum Gasteiger partial charge on any atom is 0.255 e. The van der Waals surface area contributed by atoms with Gasteiger partial charge >= 0.3 is 0 Å². The number of nitrogens with one attached hydrogen (secondary N) is 2. The van der Waals surface area contributed by atoms with Crippen molar-refractivity contribution < 1.29 is 13.2 Å². The number of rotatable bonds is 7. The predicted octanol–water partition coefficient (Wildman–Crippen LogP) is 3.79. The molecule has 3 aromatic carbocycles. The van der Waals surface area contributed by atoms with E-state index in [4.69, 9.17) is 0 Å². The Hall–Kier alpha value is -3.16. The number of carbonyl (C=O) groups is 1. The van der Waals surface area contributed by atoms with E-state index in [-0.39, 0.29) is 17.3 Å². The molecule has 0 aliphatic heterocycles. The maximum absolute atomic E-state index is 12.8. The molecule has 0 aliphatic carbocycles. The molecular formula is C23H25N3O3S. The number of hydrogen-bond donors (Lipinski definition) is 2. The van der Waals surface area contributed by atoms with Crippen LogP contribution in [0.4, 0.5) is 11.4 Å². The van der Waals surface area contributed by atoms with E-state index in [9.17, 15) is 13.2 Å². The van der Waals surface area contributed by atoms with Crippen LogP contribution in [0.25, 0.3) is 0 Å². The monoisotopic (exact) mass is 423 g/mol. The Kier molecular flexibility index (Phi) is 6.54. The fourth-order valence-electron chi connectivity index (χ4n) is 2.91. The molecule has 0 radical (unpaired) electrons. The van der Waals surface area contributed by atoms with E-state index >= 15 is 0 Å². The van der Waals surface area contributed by atoms with Crippen LogP contribution in [0, 0.1) is 6.92 Å². The minimum atomic E-state index is -3.75. The lowest BCUT2D eigenvalue weighted by molar-refractivity contribution is 0.102. The van der Waals surface area contributed by atoms with Crippen LogP contribution in [-0.2, 0) is 16.6 Å². The van der Waals surface area contributed by atoms with Gasteiger partial charge in [-0.1, -0.05) is 36.4 Å². The zero-order chi connectivity index (χ0) is 21.7. The lowest BCUT2D eigenvalue weighted by Gasteiger charge is -2.14. The van der Waals surface area contributed by atoms with Crippen LogP contribution < -0.4 is 14.9 Å². The number of aryl methyl sites for hydroxylation is 1. The standard InChI is InChI=1S/C23H25N3O3S/c1-17-9-14-21(30(28,29)24-16-18-7-5-4-6-8-18)15-22(17)23(27)25-19-10-12-20(13-11-19)26(2)3/h4-15,24H,16H2,1-3H3,(H,25,27). The largest absolute Gasteiger partial charge is 0.378 e.